The summed E-state index contributed by atoms with van der Waals surface area (Å²) in [5.74, 6) is -0.222. The molecule has 1 unspecified atom stereocenters. The molecule has 2 aromatic rings. The van der Waals surface area contributed by atoms with Crippen LogP contribution in [0.5, 0.6) is 0 Å². The number of carbonyl (C=O) groups excluding carboxylic acids is 1. The number of ether oxygens (including phenoxy) is 1. The zero-order chi connectivity index (χ0) is 13.0. The summed E-state index contributed by atoms with van der Waals surface area (Å²) < 4.78 is 4.70. The van der Waals surface area contributed by atoms with Gasteiger partial charge in [-0.25, -0.2) is 0 Å². The van der Waals surface area contributed by atoms with Gasteiger partial charge in [0.15, 0.2) is 0 Å². The SMILES string of the molecule is CNC(CC(=O)OC)c1ccc2ncccc2c1. The minimum atomic E-state index is -0.222. The first-order valence-corrected chi connectivity index (χ1v) is 5.83. The largest absolute Gasteiger partial charge is 0.469 e. The van der Waals surface area contributed by atoms with Crippen LogP contribution in [-0.2, 0) is 9.53 Å². The summed E-state index contributed by atoms with van der Waals surface area (Å²) in [6, 6.07) is 9.87. The second-order valence-corrected chi connectivity index (χ2v) is 4.08. The van der Waals surface area contributed by atoms with Gasteiger partial charge in [-0.15, -0.1) is 0 Å². The Morgan fingerprint density at radius 3 is 3.00 bits per heavy atom. The van der Waals surface area contributed by atoms with Crippen LogP contribution in [0.4, 0.5) is 0 Å². The summed E-state index contributed by atoms with van der Waals surface area (Å²) in [7, 11) is 3.24. The van der Waals surface area contributed by atoms with E-state index in [2.05, 4.69) is 10.3 Å². The fourth-order valence-electron chi connectivity index (χ4n) is 1.95. The molecule has 94 valence electrons. The maximum Gasteiger partial charge on any atom is 0.307 e. The number of aromatic nitrogens is 1. The molecule has 1 heterocycles. The number of hydrogen-bond acceptors (Lipinski definition) is 4. The van der Waals surface area contributed by atoms with E-state index >= 15 is 0 Å². The fraction of sp³-hybridized carbons (Fsp3) is 0.286. The lowest BCUT2D eigenvalue weighted by molar-refractivity contribution is -0.141. The molecule has 0 aliphatic rings. The summed E-state index contributed by atoms with van der Waals surface area (Å²) in [6.45, 7) is 0. The number of methoxy groups -OCH3 is 1. The summed E-state index contributed by atoms with van der Waals surface area (Å²) in [4.78, 5) is 15.6. The van der Waals surface area contributed by atoms with Crippen LogP contribution in [0.15, 0.2) is 36.5 Å². The van der Waals surface area contributed by atoms with Crippen LogP contribution in [0.3, 0.4) is 0 Å². The normalized spacial score (nSPS) is 12.3. The molecule has 4 heteroatoms. The van der Waals surface area contributed by atoms with Gasteiger partial charge in [0.1, 0.15) is 0 Å². The number of pyridine rings is 1. The lowest BCUT2D eigenvalue weighted by atomic mass is 10.0. The Morgan fingerprint density at radius 1 is 1.44 bits per heavy atom. The smallest absolute Gasteiger partial charge is 0.307 e. The third-order valence-electron chi connectivity index (χ3n) is 2.98. The second-order valence-electron chi connectivity index (χ2n) is 4.08. The molecule has 0 bridgehead atoms. The molecule has 0 aliphatic carbocycles. The van der Waals surface area contributed by atoms with E-state index in [-0.39, 0.29) is 12.0 Å². The monoisotopic (exact) mass is 244 g/mol. The highest BCUT2D eigenvalue weighted by molar-refractivity contribution is 5.79. The van der Waals surface area contributed by atoms with Gasteiger partial charge in [0.2, 0.25) is 0 Å². The number of fused-ring (bicyclic) bond motifs is 1. The number of carbonyl (C=O) groups is 1. The van der Waals surface area contributed by atoms with Crippen molar-refractivity contribution in [3.05, 3.63) is 42.1 Å². The van der Waals surface area contributed by atoms with Crippen molar-refractivity contribution >= 4 is 16.9 Å². The maximum atomic E-state index is 11.3. The Balaban J connectivity index is 2.30. The maximum absolute atomic E-state index is 11.3. The Labute approximate surface area is 106 Å². The van der Waals surface area contributed by atoms with Crippen LogP contribution in [0, 0.1) is 0 Å². The highest BCUT2D eigenvalue weighted by atomic mass is 16.5. The van der Waals surface area contributed by atoms with E-state index in [1.54, 1.807) is 6.20 Å². The number of benzene rings is 1. The van der Waals surface area contributed by atoms with Gasteiger partial charge in [-0.2, -0.15) is 0 Å². The summed E-state index contributed by atoms with van der Waals surface area (Å²) in [5, 5.41) is 4.20. The van der Waals surface area contributed by atoms with E-state index in [9.17, 15) is 4.79 Å². The summed E-state index contributed by atoms with van der Waals surface area (Å²) in [6.07, 6.45) is 2.09. The van der Waals surface area contributed by atoms with Gasteiger partial charge in [0.25, 0.3) is 0 Å². The van der Waals surface area contributed by atoms with Crippen LogP contribution in [0.2, 0.25) is 0 Å². The van der Waals surface area contributed by atoms with Crippen molar-refractivity contribution in [2.24, 2.45) is 0 Å². The molecule has 0 spiro atoms. The van der Waals surface area contributed by atoms with Crippen LogP contribution < -0.4 is 5.32 Å². The van der Waals surface area contributed by atoms with E-state index in [4.69, 9.17) is 4.74 Å². The van der Waals surface area contributed by atoms with Gasteiger partial charge in [-0.1, -0.05) is 12.1 Å². The van der Waals surface area contributed by atoms with E-state index in [1.807, 2.05) is 37.4 Å². The molecule has 0 aliphatic heterocycles. The molecule has 0 radical (unpaired) electrons. The number of nitrogens with zero attached hydrogens (tertiary/aromatic N) is 1. The van der Waals surface area contributed by atoms with E-state index < -0.39 is 0 Å². The number of hydrogen-bond donors (Lipinski definition) is 1. The first-order chi connectivity index (χ1) is 8.74. The van der Waals surface area contributed by atoms with Crippen molar-refractivity contribution in [2.75, 3.05) is 14.2 Å². The molecule has 1 atom stereocenters. The Morgan fingerprint density at radius 2 is 2.28 bits per heavy atom. The number of rotatable bonds is 4. The van der Waals surface area contributed by atoms with Gasteiger partial charge in [-0.3, -0.25) is 9.78 Å². The lowest BCUT2D eigenvalue weighted by Crippen LogP contribution is -2.20. The van der Waals surface area contributed by atoms with Crippen molar-refractivity contribution in [2.45, 2.75) is 12.5 Å². The standard InChI is InChI=1S/C14H16N2O2/c1-15-13(9-14(17)18-2)11-5-6-12-10(8-11)4-3-7-16-12/h3-8,13,15H,9H2,1-2H3. The van der Waals surface area contributed by atoms with E-state index in [1.165, 1.54) is 7.11 Å². The van der Waals surface area contributed by atoms with Crippen molar-refractivity contribution in [1.82, 2.24) is 10.3 Å². The van der Waals surface area contributed by atoms with Crippen molar-refractivity contribution in [3.63, 3.8) is 0 Å². The average Bonchev–Trinajstić information content (AvgIpc) is 2.44. The Bertz CT molecular complexity index is 554. The Kier molecular flexibility index (Phi) is 3.89. The molecular weight excluding hydrogens is 228 g/mol. The lowest BCUT2D eigenvalue weighted by Gasteiger charge is -2.15. The summed E-state index contributed by atoms with van der Waals surface area (Å²) >= 11 is 0. The van der Waals surface area contributed by atoms with Crippen molar-refractivity contribution < 1.29 is 9.53 Å². The zero-order valence-electron chi connectivity index (χ0n) is 10.5. The molecule has 4 nitrogen and oxygen atoms in total. The van der Waals surface area contributed by atoms with Gasteiger partial charge < -0.3 is 10.1 Å². The van der Waals surface area contributed by atoms with Gasteiger partial charge in [0.05, 0.1) is 19.0 Å². The molecule has 1 aromatic carbocycles. The zero-order valence-corrected chi connectivity index (χ0v) is 10.5. The first-order valence-electron chi connectivity index (χ1n) is 5.83. The third kappa shape index (κ3) is 2.65. The minimum absolute atomic E-state index is 0.0398. The Hall–Kier alpha value is -1.94. The predicted molar refractivity (Wildman–Crippen MR) is 70.2 cm³/mol. The number of esters is 1. The predicted octanol–water partition coefficient (Wildman–Crippen LogP) is 2.06. The molecular formula is C14H16N2O2. The second kappa shape index (κ2) is 5.60. The molecule has 0 amide bonds. The average molecular weight is 244 g/mol. The highest BCUT2D eigenvalue weighted by Gasteiger charge is 2.14. The van der Waals surface area contributed by atoms with Crippen LogP contribution in [-0.4, -0.2) is 25.1 Å². The summed E-state index contributed by atoms with van der Waals surface area (Å²) in [5.41, 5.74) is 2.01. The molecule has 2 rings (SSSR count). The highest BCUT2D eigenvalue weighted by Crippen LogP contribution is 2.21. The molecule has 18 heavy (non-hydrogen) atoms. The molecule has 0 fully saturated rings. The third-order valence-corrected chi connectivity index (χ3v) is 2.98. The minimum Gasteiger partial charge on any atom is -0.469 e. The van der Waals surface area contributed by atoms with Gasteiger partial charge >= 0.3 is 5.97 Å². The quantitative estimate of drug-likeness (QED) is 0.836. The van der Waals surface area contributed by atoms with E-state index in [0.717, 1.165) is 16.5 Å². The van der Waals surface area contributed by atoms with Crippen LogP contribution in [0.1, 0.15) is 18.0 Å². The van der Waals surface area contributed by atoms with Crippen LogP contribution >= 0.6 is 0 Å². The number of nitrogens with one attached hydrogen (secondary N) is 1. The van der Waals surface area contributed by atoms with E-state index in [0.29, 0.717) is 6.42 Å². The fourth-order valence-corrected chi connectivity index (χ4v) is 1.95. The topological polar surface area (TPSA) is 51.2 Å². The van der Waals surface area contributed by atoms with Gasteiger partial charge in [0, 0.05) is 17.6 Å². The van der Waals surface area contributed by atoms with Crippen molar-refractivity contribution in [1.29, 1.82) is 0 Å². The molecule has 0 saturated carbocycles. The van der Waals surface area contributed by atoms with Crippen LogP contribution in [0.25, 0.3) is 10.9 Å². The van der Waals surface area contributed by atoms with Gasteiger partial charge in [-0.05, 0) is 30.8 Å². The molecule has 1 N–H and O–H groups in total. The molecule has 1 aromatic heterocycles. The molecule has 0 saturated heterocycles. The first kappa shape index (κ1) is 12.5. The van der Waals surface area contributed by atoms with Crippen molar-refractivity contribution in [3.8, 4) is 0 Å².